The van der Waals surface area contributed by atoms with Gasteiger partial charge in [0.1, 0.15) is 17.0 Å². The summed E-state index contributed by atoms with van der Waals surface area (Å²) in [5, 5.41) is 3.08. The quantitative estimate of drug-likeness (QED) is 0.262. The minimum atomic E-state index is -0.918. The molecule has 2 aliphatic rings. The average molecular weight is 567 g/mol. The highest BCUT2D eigenvalue weighted by atomic mass is 16.5. The molecule has 8 heteroatoms. The van der Waals surface area contributed by atoms with E-state index in [4.69, 9.17) is 18.9 Å². The van der Waals surface area contributed by atoms with Crippen LogP contribution in [0.25, 0.3) is 0 Å². The van der Waals surface area contributed by atoms with Gasteiger partial charge in [-0.3, -0.25) is 4.79 Å². The lowest BCUT2D eigenvalue weighted by Gasteiger charge is -2.46. The summed E-state index contributed by atoms with van der Waals surface area (Å²) in [6, 6.07) is 11.4. The normalized spacial score (nSPS) is 20.6. The molecule has 2 aliphatic carbocycles. The smallest absolute Gasteiger partial charge is 0.318 e. The molecule has 1 atom stereocenters. The van der Waals surface area contributed by atoms with Crippen LogP contribution in [0.2, 0.25) is 0 Å². The second-order valence-electron chi connectivity index (χ2n) is 11.2. The molecule has 1 unspecified atom stereocenters. The van der Waals surface area contributed by atoms with Crippen LogP contribution in [0, 0.1) is 6.92 Å². The third kappa shape index (κ3) is 7.04. The molecule has 4 rings (SSSR count). The van der Waals surface area contributed by atoms with Crippen LogP contribution in [0.1, 0.15) is 87.6 Å². The maximum atomic E-state index is 14.0. The van der Waals surface area contributed by atoms with Gasteiger partial charge in [-0.25, -0.2) is 4.79 Å². The van der Waals surface area contributed by atoms with Gasteiger partial charge in [-0.05, 0) is 76.1 Å². The largest absolute Gasteiger partial charge is 0.493 e. The van der Waals surface area contributed by atoms with Crippen molar-refractivity contribution in [2.75, 3.05) is 33.5 Å². The lowest BCUT2D eigenvalue weighted by atomic mass is 9.71. The molecule has 0 aliphatic heterocycles. The Morgan fingerprint density at radius 1 is 1.10 bits per heavy atom. The van der Waals surface area contributed by atoms with Crippen molar-refractivity contribution in [3.8, 4) is 11.5 Å². The summed E-state index contributed by atoms with van der Waals surface area (Å²) in [4.78, 5) is 28.4. The Labute approximate surface area is 244 Å². The van der Waals surface area contributed by atoms with Gasteiger partial charge >= 0.3 is 6.03 Å². The van der Waals surface area contributed by atoms with Gasteiger partial charge in [0.15, 0.2) is 5.78 Å². The van der Waals surface area contributed by atoms with Crippen LogP contribution in [0.5, 0.6) is 11.5 Å². The number of ether oxygens (including phenoxy) is 4. The molecule has 0 aromatic heterocycles. The number of urea groups is 1. The van der Waals surface area contributed by atoms with Crippen LogP contribution >= 0.6 is 0 Å². The maximum Gasteiger partial charge on any atom is 0.318 e. The monoisotopic (exact) mass is 566 g/mol. The number of carbonyl (C=O) groups is 2. The van der Waals surface area contributed by atoms with Crippen LogP contribution in [0.15, 0.2) is 36.4 Å². The minimum absolute atomic E-state index is 0.0426. The standard InChI is InChI=1S/C33H46N2O6/c1-7-40-29-18-28(22(3)31(41-8-2)30(29)26-14-15-26)23(4)35(16-17-39-21-25-12-10-9-11-13-25)32(37)34-33(24(5)36)19-27(20-33)38-6/h9-13,18,23,26-27H,7-8,14-17,19-21H2,1-6H3,(H,34,37). The van der Waals surface area contributed by atoms with E-state index < -0.39 is 5.54 Å². The molecule has 2 fully saturated rings. The van der Waals surface area contributed by atoms with E-state index in [1.165, 1.54) is 6.92 Å². The summed E-state index contributed by atoms with van der Waals surface area (Å²) in [5.74, 6) is 2.07. The molecule has 0 bridgehead atoms. The van der Waals surface area contributed by atoms with Gasteiger partial charge in [-0.2, -0.15) is 0 Å². The fourth-order valence-electron chi connectivity index (χ4n) is 5.77. The Kier molecular flexibility index (Phi) is 10.3. The van der Waals surface area contributed by atoms with Gasteiger partial charge in [-0.1, -0.05) is 30.3 Å². The molecule has 2 saturated carbocycles. The lowest BCUT2D eigenvalue weighted by Crippen LogP contribution is -2.66. The molecule has 224 valence electrons. The predicted molar refractivity (Wildman–Crippen MR) is 159 cm³/mol. The van der Waals surface area contributed by atoms with E-state index in [0.717, 1.165) is 46.6 Å². The molecule has 2 aromatic carbocycles. The van der Waals surface area contributed by atoms with Gasteiger partial charge in [-0.15, -0.1) is 0 Å². The summed E-state index contributed by atoms with van der Waals surface area (Å²) in [6.45, 7) is 11.8. The Hall–Kier alpha value is -3.10. The van der Waals surface area contributed by atoms with E-state index >= 15 is 0 Å². The molecule has 0 heterocycles. The van der Waals surface area contributed by atoms with Crippen LogP contribution in [0.4, 0.5) is 4.79 Å². The van der Waals surface area contributed by atoms with Crippen molar-refractivity contribution in [3.63, 3.8) is 0 Å². The van der Waals surface area contributed by atoms with E-state index in [9.17, 15) is 9.59 Å². The third-order valence-electron chi connectivity index (χ3n) is 8.42. The number of ketones is 1. The van der Waals surface area contributed by atoms with Gasteiger partial charge in [0, 0.05) is 32.1 Å². The Bertz CT molecular complexity index is 1190. The van der Waals surface area contributed by atoms with Gasteiger partial charge in [0.2, 0.25) is 0 Å². The van der Waals surface area contributed by atoms with E-state index in [2.05, 4.69) is 18.3 Å². The van der Waals surface area contributed by atoms with Crippen LogP contribution in [-0.2, 0) is 20.9 Å². The first-order valence-corrected chi connectivity index (χ1v) is 14.9. The molecular weight excluding hydrogens is 520 g/mol. The van der Waals surface area contributed by atoms with Crippen molar-refractivity contribution in [1.29, 1.82) is 0 Å². The first-order valence-electron chi connectivity index (χ1n) is 14.9. The fraction of sp³-hybridized carbons (Fsp3) is 0.576. The second-order valence-corrected chi connectivity index (χ2v) is 11.2. The Balaban J connectivity index is 1.62. The lowest BCUT2D eigenvalue weighted by molar-refractivity contribution is -0.133. The average Bonchev–Trinajstić information content (AvgIpc) is 3.77. The molecule has 41 heavy (non-hydrogen) atoms. The summed E-state index contributed by atoms with van der Waals surface area (Å²) >= 11 is 0. The minimum Gasteiger partial charge on any atom is -0.493 e. The van der Waals surface area contributed by atoms with Crippen molar-refractivity contribution in [3.05, 3.63) is 58.7 Å². The second kappa shape index (κ2) is 13.7. The number of benzene rings is 2. The van der Waals surface area contributed by atoms with Crippen molar-refractivity contribution in [1.82, 2.24) is 10.2 Å². The zero-order valence-electron chi connectivity index (χ0n) is 25.5. The van der Waals surface area contributed by atoms with Crippen LogP contribution in [0.3, 0.4) is 0 Å². The van der Waals surface area contributed by atoms with Gasteiger partial charge < -0.3 is 29.2 Å². The number of nitrogens with zero attached hydrogens (tertiary/aromatic N) is 1. The van der Waals surface area contributed by atoms with Crippen molar-refractivity contribution in [2.45, 2.75) is 90.5 Å². The number of rotatable bonds is 15. The predicted octanol–water partition coefficient (Wildman–Crippen LogP) is 6.10. The van der Waals surface area contributed by atoms with Gasteiger partial charge in [0.05, 0.1) is 38.6 Å². The Morgan fingerprint density at radius 2 is 1.78 bits per heavy atom. The van der Waals surface area contributed by atoms with Crippen molar-refractivity contribution in [2.24, 2.45) is 0 Å². The SMILES string of the molecule is CCOc1cc(C(C)N(CCOCc2ccccc2)C(=O)NC2(C(C)=O)CC(OC)C2)c(C)c(OCC)c1C1CC1. The maximum absolute atomic E-state index is 14.0. The van der Waals surface area contributed by atoms with E-state index in [0.29, 0.717) is 51.7 Å². The molecule has 2 aromatic rings. The highest BCUT2D eigenvalue weighted by Gasteiger charge is 2.50. The molecule has 8 nitrogen and oxygen atoms in total. The number of amides is 2. The number of hydrogen-bond acceptors (Lipinski definition) is 6. The summed E-state index contributed by atoms with van der Waals surface area (Å²) in [5.41, 5.74) is 3.26. The number of methoxy groups -OCH3 is 1. The van der Waals surface area contributed by atoms with Crippen molar-refractivity contribution >= 4 is 11.8 Å². The van der Waals surface area contributed by atoms with E-state index in [1.54, 1.807) is 12.0 Å². The number of Topliss-reactive ketones (excluding diaryl/α,β-unsaturated/α-hetero) is 1. The highest BCUT2D eigenvalue weighted by molar-refractivity contribution is 5.92. The fourth-order valence-corrected chi connectivity index (χ4v) is 5.77. The number of hydrogen-bond donors (Lipinski definition) is 1. The summed E-state index contributed by atoms with van der Waals surface area (Å²) in [7, 11) is 1.63. The zero-order chi connectivity index (χ0) is 29.6. The zero-order valence-corrected chi connectivity index (χ0v) is 25.5. The van der Waals surface area contributed by atoms with E-state index in [-0.39, 0.29) is 24.0 Å². The Morgan fingerprint density at radius 3 is 2.37 bits per heavy atom. The third-order valence-corrected chi connectivity index (χ3v) is 8.42. The summed E-state index contributed by atoms with van der Waals surface area (Å²) in [6.07, 6.45) is 3.14. The molecule has 2 amide bonds. The van der Waals surface area contributed by atoms with Gasteiger partial charge in [0.25, 0.3) is 0 Å². The van der Waals surface area contributed by atoms with Crippen molar-refractivity contribution < 1.29 is 28.5 Å². The molecule has 0 radical (unpaired) electrons. The first-order chi connectivity index (χ1) is 19.7. The highest BCUT2D eigenvalue weighted by Crippen LogP contribution is 2.51. The van der Waals surface area contributed by atoms with E-state index in [1.807, 2.05) is 51.1 Å². The first kappa shape index (κ1) is 30.8. The molecule has 1 N–H and O–H groups in total. The topological polar surface area (TPSA) is 86.3 Å². The van der Waals surface area contributed by atoms with Crippen LogP contribution < -0.4 is 14.8 Å². The summed E-state index contributed by atoms with van der Waals surface area (Å²) < 4.78 is 23.8. The van der Waals surface area contributed by atoms with Crippen LogP contribution in [-0.4, -0.2) is 61.8 Å². The molecule has 0 spiro atoms. The molecule has 0 saturated heterocycles. The molecular formula is C33H46N2O6. The number of nitrogens with one attached hydrogen (secondary N) is 1. The number of carbonyl (C=O) groups excluding carboxylic acids is 2.